The number of aromatic nitrogens is 1. The molecule has 0 aliphatic rings. The molecule has 1 rings (SSSR count). The van der Waals surface area contributed by atoms with E-state index in [1.54, 1.807) is 0 Å². The van der Waals surface area contributed by atoms with Crippen LogP contribution in [0.4, 0.5) is 0 Å². The van der Waals surface area contributed by atoms with Gasteiger partial charge in [0.05, 0.1) is 0 Å². The molecule has 0 spiro atoms. The topological polar surface area (TPSA) is 50.9 Å². The molecule has 1 aromatic rings. The Hall–Kier alpha value is -0.100. The number of pyridine rings is 1. The molecule has 3 nitrogen and oxygen atoms in total. The van der Waals surface area contributed by atoms with E-state index in [9.17, 15) is 0 Å². The number of hydrogen-bond donors (Lipinski definition) is 2. The van der Waals surface area contributed by atoms with Gasteiger partial charge >= 0.3 is 0 Å². The van der Waals surface area contributed by atoms with Crippen LogP contribution in [0.3, 0.4) is 0 Å². The Balaban J connectivity index is 2.49. The van der Waals surface area contributed by atoms with Crippen LogP contribution in [0, 0.1) is 0 Å². The van der Waals surface area contributed by atoms with E-state index in [1.165, 1.54) is 0 Å². The van der Waals surface area contributed by atoms with Crippen LogP contribution in [-0.4, -0.2) is 21.5 Å². The van der Waals surface area contributed by atoms with E-state index in [0.29, 0.717) is 0 Å². The first kappa shape index (κ1) is 15.0. The first-order chi connectivity index (χ1) is 7.90. The number of hydrogen-bond acceptors (Lipinski definition) is 4. The molecule has 1 aromatic heterocycles. The number of nitrogens with zero attached hydrogens (tertiary/aromatic N) is 1. The van der Waals surface area contributed by atoms with Gasteiger partial charge in [-0.2, -0.15) is 11.8 Å². The normalized spacial score (nSPS) is 13.7. The van der Waals surface area contributed by atoms with Crippen molar-refractivity contribution in [1.29, 1.82) is 0 Å². The van der Waals surface area contributed by atoms with Crippen molar-refractivity contribution >= 4 is 27.7 Å². The van der Waals surface area contributed by atoms with Crippen molar-refractivity contribution in [3.8, 4) is 0 Å². The van der Waals surface area contributed by atoms with E-state index >= 15 is 0 Å². The molecule has 0 aromatic carbocycles. The number of nitrogens with one attached hydrogen (secondary N) is 1. The van der Waals surface area contributed by atoms with Crippen molar-refractivity contribution in [2.75, 3.05) is 5.75 Å². The lowest BCUT2D eigenvalue weighted by Gasteiger charge is -2.22. The maximum atomic E-state index is 5.58. The van der Waals surface area contributed by atoms with E-state index in [0.717, 1.165) is 22.3 Å². The summed E-state index contributed by atoms with van der Waals surface area (Å²) >= 11 is 5.29. The van der Waals surface area contributed by atoms with Gasteiger partial charge < -0.3 is 0 Å². The summed E-state index contributed by atoms with van der Waals surface area (Å²) < 4.78 is 1.27. The van der Waals surface area contributed by atoms with Crippen LogP contribution >= 0.6 is 27.7 Å². The highest BCUT2D eigenvalue weighted by atomic mass is 79.9. The van der Waals surface area contributed by atoms with Crippen molar-refractivity contribution in [1.82, 2.24) is 10.4 Å². The fourth-order valence-electron chi connectivity index (χ4n) is 1.30. The summed E-state index contributed by atoms with van der Waals surface area (Å²) in [5.74, 6) is 6.56. The summed E-state index contributed by atoms with van der Waals surface area (Å²) in [6.07, 6.45) is 2.67. The lowest BCUT2D eigenvalue weighted by atomic mass is 10.2. The summed E-state index contributed by atoms with van der Waals surface area (Å²) in [7, 11) is 0. The highest BCUT2D eigenvalue weighted by Gasteiger charge is 2.15. The molecule has 3 N–H and O–H groups in total. The van der Waals surface area contributed by atoms with Gasteiger partial charge in [-0.1, -0.05) is 20.8 Å². The van der Waals surface area contributed by atoms with E-state index < -0.39 is 0 Å². The van der Waals surface area contributed by atoms with Crippen LogP contribution < -0.4 is 11.3 Å². The third-order valence-electron chi connectivity index (χ3n) is 2.20. The molecule has 5 heteroatoms. The van der Waals surface area contributed by atoms with Gasteiger partial charge in [-0.05, 0) is 28.1 Å². The molecule has 0 saturated carbocycles. The average molecular weight is 318 g/mol. The Morgan fingerprint density at radius 1 is 1.47 bits per heavy atom. The largest absolute Gasteiger partial charge is 0.271 e. The third kappa shape index (κ3) is 6.41. The van der Waals surface area contributed by atoms with Gasteiger partial charge in [0.1, 0.15) is 0 Å². The molecule has 17 heavy (non-hydrogen) atoms. The molecule has 0 fully saturated rings. The lowest BCUT2D eigenvalue weighted by molar-refractivity contribution is 0.567. The molecule has 1 unspecified atom stereocenters. The highest BCUT2D eigenvalue weighted by molar-refractivity contribution is 9.10. The fourth-order valence-corrected chi connectivity index (χ4v) is 2.45. The van der Waals surface area contributed by atoms with Crippen molar-refractivity contribution in [3.05, 3.63) is 28.5 Å². The smallest absolute Gasteiger partial charge is 0.0420 e. The molecule has 0 amide bonds. The van der Waals surface area contributed by atoms with Crippen LogP contribution in [0.2, 0.25) is 0 Å². The number of halogens is 1. The third-order valence-corrected chi connectivity index (χ3v) is 4.10. The number of thioether (sulfide) groups is 1. The summed E-state index contributed by atoms with van der Waals surface area (Å²) in [4.78, 5) is 4.36. The quantitative estimate of drug-likeness (QED) is 0.647. The fraction of sp³-hybridized carbons (Fsp3) is 0.583. The van der Waals surface area contributed by atoms with Crippen molar-refractivity contribution in [2.24, 2.45) is 5.84 Å². The summed E-state index contributed by atoms with van der Waals surface area (Å²) in [5.41, 5.74) is 3.93. The lowest BCUT2D eigenvalue weighted by Crippen LogP contribution is -2.39. The molecular weight excluding hydrogens is 298 g/mol. The summed E-state index contributed by atoms with van der Waals surface area (Å²) in [6, 6.07) is 4.29. The number of nitrogens with two attached hydrogens (primary N) is 1. The van der Waals surface area contributed by atoms with E-state index in [4.69, 9.17) is 5.84 Å². The minimum absolute atomic E-state index is 0.257. The molecule has 96 valence electrons. The summed E-state index contributed by atoms with van der Waals surface area (Å²) in [5, 5.41) is 0. The molecule has 1 atom stereocenters. The zero-order valence-corrected chi connectivity index (χ0v) is 12.9. The second-order valence-electron chi connectivity index (χ2n) is 4.96. The molecule has 0 aliphatic heterocycles. The first-order valence-corrected chi connectivity index (χ1v) is 7.39. The van der Waals surface area contributed by atoms with Gasteiger partial charge in [-0.15, -0.1) is 0 Å². The molecule has 0 saturated heterocycles. The van der Waals surface area contributed by atoms with Gasteiger partial charge in [0.2, 0.25) is 0 Å². The van der Waals surface area contributed by atoms with Crippen LogP contribution in [-0.2, 0) is 6.42 Å². The van der Waals surface area contributed by atoms with Crippen LogP contribution in [0.5, 0.6) is 0 Å². The minimum atomic E-state index is 0.257. The molecule has 1 heterocycles. The predicted molar refractivity (Wildman–Crippen MR) is 79.0 cm³/mol. The van der Waals surface area contributed by atoms with Gasteiger partial charge in [0.25, 0.3) is 0 Å². The highest BCUT2D eigenvalue weighted by Crippen LogP contribution is 2.24. The van der Waals surface area contributed by atoms with Crippen LogP contribution in [0.25, 0.3) is 0 Å². The Morgan fingerprint density at radius 3 is 2.65 bits per heavy atom. The van der Waals surface area contributed by atoms with Gasteiger partial charge in [-0.3, -0.25) is 16.3 Å². The maximum Gasteiger partial charge on any atom is 0.0420 e. The van der Waals surface area contributed by atoms with E-state index in [1.807, 2.05) is 30.1 Å². The summed E-state index contributed by atoms with van der Waals surface area (Å²) in [6.45, 7) is 6.63. The van der Waals surface area contributed by atoms with Crippen molar-refractivity contribution in [2.45, 2.75) is 38.0 Å². The standard InChI is InChI=1S/C12H20BrN3S/c1-12(2,3)17-8-11(16-14)6-10-5-4-9(13)7-15-10/h4-5,7,11,16H,6,8,14H2,1-3H3. The monoisotopic (exact) mass is 317 g/mol. The van der Waals surface area contributed by atoms with Crippen molar-refractivity contribution < 1.29 is 0 Å². The van der Waals surface area contributed by atoms with Gasteiger partial charge in [0.15, 0.2) is 0 Å². The van der Waals surface area contributed by atoms with E-state index in [2.05, 4.69) is 47.1 Å². The second kappa shape index (κ2) is 6.73. The maximum absolute atomic E-state index is 5.58. The van der Waals surface area contributed by atoms with Gasteiger partial charge in [-0.25, -0.2) is 0 Å². The molecule has 0 radical (unpaired) electrons. The number of hydrazine groups is 1. The first-order valence-electron chi connectivity index (χ1n) is 5.61. The zero-order chi connectivity index (χ0) is 12.9. The minimum Gasteiger partial charge on any atom is -0.271 e. The van der Waals surface area contributed by atoms with Crippen LogP contribution in [0.1, 0.15) is 26.5 Å². The average Bonchev–Trinajstić information content (AvgIpc) is 2.25. The van der Waals surface area contributed by atoms with Crippen LogP contribution in [0.15, 0.2) is 22.8 Å². The second-order valence-corrected chi connectivity index (χ2v) is 7.72. The number of rotatable bonds is 5. The molecular formula is C12H20BrN3S. The van der Waals surface area contributed by atoms with Gasteiger partial charge in [0, 0.05) is 39.3 Å². The molecule has 0 aliphatic carbocycles. The zero-order valence-electron chi connectivity index (χ0n) is 10.5. The molecule has 0 bridgehead atoms. The van der Waals surface area contributed by atoms with E-state index in [-0.39, 0.29) is 10.8 Å². The Labute approximate surface area is 116 Å². The SMILES string of the molecule is CC(C)(C)SCC(Cc1ccc(Br)cn1)NN. The predicted octanol–water partition coefficient (Wildman–Crippen LogP) is 2.75. The Kier molecular flexibility index (Phi) is 5.92. The van der Waals surface area contributed by atoms with Crippen molar-refractivity contribution in [3.63, 3.8) is 0 Å². The Bertz CT molecular complexity index is 335. The Morgan fingerprint density at radius 2 is 2.18 bits per heavy atom.